The van der Waals surface area contributed by atoms with Crippen LogP contribution in [0.25, 0.3) is 0 Å². The lowest BCUT2D eigenvalue weighted by molar-refractivity contribution is 0.522. The zero-order chi connectivity index (χ0) is 6.53. The Morgan fingerprint density at radius 1 is 1.67 bits per heavy atom. The van der Waals surface area contributed by atoms with Crippen LogP contribution < -0.4 is 10.6 Å². The maximum absolute atomic E-state index is 4.28. The molecule has 0 amide bonds. The third-order valence-corrected chi connectivity index (χ3v) is 1.77. The smallest absolute Gasteiger partial charge is 0.0174 e. The Morgan fingerprint density at radius 3 is 3.11 bits per heavy atom. The van der Waals surface area contributed by atoms with Crippen LogP contribution in [-0.2, 0) is 0 Å². The number of nitrogens with zero attached hydrogens (tertiary/aromatic N) is 1. The van der Waals surface area contributed by atoms with Gasteiger partial charge in [-0.15, -0.1) is 0 Å². The van der Waals surface area contributed by atoms with E-state index in [4.69, 9.17) is 0 Å². The molecular formula is C7H15N2. The van der Waals surface area contributed by atoms with E-state index in [9.17, 15) is 0 Å². The Labute approximate surface area is 57.0 Å². The average Bonchev–Trinajstić information content (AvgIpc) is 2.34. The number of hydrogen-bond acceptors (Lipinski definition) is 1. The molecule has 53 valence electrons. The minimum absolute atomic E-state index is 0.838. The second-order valence-corrected chi connectivity index (χ2v) is 2.59. The first-order valence-electron chi connectivity index (χ1n) is 3.77. The maximum Gasteiger partial charge on any atom is 0.0174 e. The van der Waals surface area contributed by atoms with Crippen LogP contribution >= 0.6 is 0 Å². The monoisotopic (exact) mass is 127 g/mol. The minimum atomic E-state index is 0.838. The molecule has 0 aliphatic carbocycles. The highest BCUT2D eigenvalue weighted by atomic mass is 14.9. The molecule has 0 bridgehead atoms. The first-order chi connectivity index (χ1) is 4.43. The molecule has 1 rings (SSSR count). The molecule has 2 heteroatoms. The third kappa shape index (κ3) is 2.33. The fourth-order valence-electron chi connectivity index (χ4n) is 1.15. The van der Waals surface area contributed by atoms with E-state index in [1.54, 1.807) is 0 Å². The Balaban J connectivity index is 1.98. The van der Waals surface area contributed by atoms with Crippen molar-refractivity contribution in [3.8, 4) is 0 Å². The highest BCUT2D eigenvalue weighted by molar-refractivity contribution is 4.71. The Morgan fingerprint density at radius 2 is 2.56 bits per heavy atom. The van der Waals surface area contributed by atoms with Crippen molar-refractivity contribution in [2.45, 2.75) is 13.3 Å². The predicted octanol–water partition coefficient (Wildman–Crippen LogP) is 0.220. The fraction of sp³-hybridized carbons (Fsp3) is 1.00. The molecule has 0 aromatic rings. The molecule has 1 saturated heterocycles. The van der Waals surface area contributed by atoms with Crippen LogP contribution in [-0.4, -0.2) is 26.2 Å². The van der Waals surface area contributed by atoms with Gasteiger partial charge >= 0.3 is 0 Å². The molecule has 2 nitrogen and oxygen atoms in total. The molecule has 0 spiro atoms. The van der Waals surface area contributed by atoms with Crippen molar-refractivity contribution < 1.29 is 0 Å². The van der Waals surface area contributed by atoms with Crippen molar-refractivity contribution in [2.75, 3.05) is 26.2 Å². The van der Waals surface area contributed by atoms with Crippen LogP contribution in [0.4, 0.5) is 0 Å². The Hall–Kier alpha value is -0.0800. The summed E-state index contributed by atoms with van der Waals surface area (Å²) in [6.45, 7) is 6.59. The van der Waals surface area contributed by atoms with Gasteiger partial charge in [0.25, 0.3) is 0 Å². The zero-order valence-electron chi connectivity index (χ0n) is 6.06. The molecule has 9 heavy (non-hydrogen) atoms. The molecule has 1 radical (unpaired) electrons. The first-order valence-corrected chi connectivity index (χ1v) is 3.77. The summed E-state index contributed by atoms with van der Waals surface area (Å²) in [5, 5.41) is 7.61. The SMILES string of the molecule is CCNCC1CC[N]C1. The third-order valence-electron chi connectivity index (χ3n) is 1.77. The molecular weight excluding hydrogens is 112 g/mol. The van der Waals surface area contributed by atoms with Crippen LogP contribution in [0.5, 0.6) is 0 Å². The van der Waals surface area contributed by atoms with Gasteiger partial charge in [-0.1, -0.05) is 6.92 Å². The highest BCUT2D eigenvalue weighted by Gasteiger charge is 2.13. The van der Waals surface area contributed by atoms with Crippen LogP contribution in [0.2, 0.25) is 0 Å². The van der Waals surface area contributed by atoms with Crippen molar-refractivity contribution in [1.82, 2.24) is 10.6 Å². The standard InChI is InChI=1S/C7H15N2/c1-2-8-5-7-3-4-9-6-7/h7-8H,2-6H2,1H3. The van der Waals surface area contributed by atoms with Crippen molar-refractivity contribution in [1.29, 1.82) is 0 Å². The maximum atomic E-state index is 4.28. The van der Waals surface area contributed by atoms with Gasteiger partial charge in [-0.3, -0.25) is 0 Å². The van der Waals surface area contributed by atoms with Gasteiger partial charge in [-0.25, -0.2) is 5.32 Å². The number of rotatable bonds is 3. The summed E-state index contributed by atoms with van der Waals surface area (Å²) in [5.41, 5.74) is 0. The van der Waals surface area contributed by atoms with Crippen LogP contribution in [0, 0.1) is 5.92 Å². The van der Waals surface area contributed by atoms with Gasteiger partial charge in [0, 0.05) is 13.1 Å². The van der Waals surface area contributed by atoms with Crippen LogP contribution in [0.15, 0.2) is 0 Å². The summed E-state index contributed by atoms with van der Waals surface area (Å²) in [6, 6.07) is 0. The molecule has 0 aromatic heterocycles. The van der Waals surface area contributed by atoms with Gasteiger partial charge in [0.15, 0.2) is 0 Å². The fourth-order valence-corrected chi connectivity index (χ4v) is 1.15. The molecule has 1 fully saturated rings. The summed E-state index contributed by atoms with van der Waals surface area (Å²) < 4.78 is 0. The van der Waals surface area contributed by atoms with Gasteiger partial charge in [0.05, 0.1) is 0 Å². The van der Waals surface area contributed by atoms with Crippen molar-refractivity contribution >= 4 is 0 Å². The van der Waals surface area contributed by atoms with E-state index in [0.29, 0.717) is 0 Å². The van der Waals surface area contributed by atoms with Gasteiger partial charge in [0.1, 0.15) is 0 Å². The van der Waals surface area contributed by atoms with Gasteiger partial charge in [0.2, 0.25) is 0 Å². The van der Waals surface area contributed by atoms with E-state index in [1.165, 1.54) is 13.0 Å². The second-order valence-electron chi connectivity index (χ2n) is 2.59. The lowest BCUT2D eigenvalue weighted by Gasteiger charge is -2.06. The van der Waals surface area contributed by atoms with Gasteiger partial charge < -0.3 is 5.32 Å². The average molecular weight is 127 g/mol. The zero-order valence-corrected chi connectivity index (χ0v) is 6.06. The van der Waals surface area contributed by atoms with Crippen molar-refractivity contribution in [2.24, 2.45) is 5.92 Å². The molecule has 0 saturated carbocycles. The predicted molar refractivity (Wildman–Crippen MR) is 38.5 cm³/mol. The van der Waals surface area contributed by atoms with E-state index in [-0.39, 0.29) is 0 Å². The summed E-state index contributed by atoms with van der Waals surface area (Å²) in [7, 11) is 0. The lowest BCUT2D eigenvalue weighted by Crippen LogP contribution is -2.22. The molecule has 1 atom stereocenters. The molecule has 1 aliphatic rings. The lowest BCUT2D eigenvalue weighted by atomic mass is 10.1. The summed E-state index contributed by atoms with van der Waals surface area (Å²) >= 11 is 0. The molecule has 1 unspecified atom stereocenters. The Bertz CT molecular complexity index is 67.3. The van der Waals surface area contributed by atoms with Crippen LogP contribution in [0.3, 0.4) is 0 Å². The second kappa shape index (κ2) is 3.85. The molecule has 1 N–H and O–H groups in total. The number of hydrogen-bond donors (Lipinski definition) is 1. The number of nitrogens with one attached hydrogen (secondary N) is 1. The van der Waals surface area contributed by atoms with E-state index in [1.807, 2.05) is 0 Å². The van der Waals surface area contributed by atoms with Gasteiger partial charge in [-0.05, 0) is 25.4 Å². The topological polar surface area (TPSA) is 26.1 Å². The van der Waals surface area contributed by atoms with E-state index >= 15 is 0 Å². The minimum Gasteiger partial charge on any atom is -0.317 e. The molecule has 1 heterocycles. The van der Waals surface area contributed by atoms with Crippen molar-refractivity contribution in [3.63, 3.8) is 0 Å². The van der Waals surface area contributed by atoms with Crippen molar-refractivity contribution in [3.05, 3.63) is 0 Å². The van der Waals surface area contributed by atoms with Crippen LogP contribution in [0.1, 0.15) is 13.3 Å². The summed E-state index contributed by atoms with van der Waals surface area (Å²) in [5.74, 6) is 0.838. The first kappa shape index (κ1) is 7.03. The molecule has 0 aromatic carbocycles. The normalized spacial score (nSPS) is 27.0. The van der Waals surface area contributed by atoms with E-state index in [0.717, 1.165) is 25.6 Å². The summed E-state index contributed by atoms with van der Waals surface area (Å²) in [4.78, 5) is 0. The van der Waals surface area contributed by atoms with E-state index < -0.39 is 0 Å². The molecule has 1 aliphatic heterocycles. The summed E-state index contributed by atoms with van der Waals surface area (Å²) in [6.07, 6.45) is 1.30. The Kier molecular flexibility index (Phi) is 3.01. The highest BCUT2D eigenvalue weighted by Crippen LogP contribution is 2.06. The van der Waals surface area contributed by atoms with Gasteiger partial charge in [-0.2, -0.15) is 0 Å². The van der Waals surface area contributed by atoms with E-state index in [2.05, 4.69) is 17.6 Å². The quantitative estimate of drug-likeness (QED) is 0.576. The largest absolute Gasteiger partial charge is 0.317 e.